The minimum absolute atomic E-state index is 0.110. The van der Waals surface area contributed by atoms with Gasteiger partial charge >= 0.3 is 0 Å². The molecule has 0 atom stereocenters. The van der Waals surface area contributed by atoms with E-state index in [1.807, 2.05) is 0 Å². The summed E-state index contributed by atoms with van der Waals surface area (Å²) < 4.78 is 30.9. The van der Waals surface area contributed by atoms with Gasteiger partial charge in [-0.3, -0.25) is 0 Å². The van der Waals surface area contributed by atoms with Gasteiger partial charge < -0.3 is 4.74 Å². The number of hydrogen-bond donors (Lipinski definition) is 0. The van der Waals surface area contributed by atoms with Crippen molar-refractivity contribution in [2.24, 2.45) is 0 Å². The molecule has 4 heteroatoms. The van der Waals surface area contributed by atoms with Crippen molar-refractivity contribution in [3.05, 3.63) is 47.3 Å². The molecule has 2 rings (SSSR count). The van der Waals surface area contributed by atoms with Gasteiger partial charge in [0.15, 0.2) is 16.6 Å². The van der Waals surface area contributed by atoms with Crippen molar-refractivity contribution in [1.82, 2.24) is 0 Å². The second-order valence-corrected chi connectivity index (χ2v) is 3.37. The van der Waals surface area contributed by atoms with Crippen LogP contribution >= 0.6 is 11.3 Å². The summed E-state index contributed by atoms with van der Waals surface area (Å²) in [5.74, 6) is -2.00. The van der Waals surface area contributed by atoms with Gasteiger partial charge in [-0.1, -0.05) is 17.4 Å². The van der Waals surface area contributed by atoms with Crippen LogP contribution in [0.1, 0.15) is 0 Å². The van der Waals surface area contributed by atoms with Crippen LogP contribution in [0.4, 0.5) is 8.78 Å². The Labute approximate surface area is 83.6 Å². The Morgan fingerprint density at radius 2 is 2.07 bits per heavy atom. The Bertz CT molecular complexity index is 426. The molecule has 2 aromatic rings. The molecule has 0 aliphatic rings. The van der Waals surface area contributed by atoms with Crippen LogP contribution in [-0.4, -0.2) is 0 Å². The molecule has 1 heterocycles. The normalized spacial score (nSPS) is 10.1. The maximum Gasteiger partial charge on any atom is 0.201 e. The van der Waals surface area contributed by atoms with E-state index in [4.69, 9.17) is 4.74 Å². The molecule has 1 aromatic carbocycles. The average Bonchev–Trinajstić information content (AvgIpc) is 2.66. The van der Waals surface area contributed by atoms with Crippen LogP contribution in [0, 0.1) is 17.0 Å². The van der Waals surface area contributed by atoms with Gasteiger partial charge in [-0.2, -0.15) is 4.39 Å². The fourth-order valence-corrected chi connectivity index (χ4v) is 1.47. The maximum absolute atomic E-state index is 13.1. The molecule has 1 radical (unpaired) electrons. The average molecular weight is 211 g/mol. The predicted octanol–water partition coefficient (Wildman–Crippen LogP) is 3.62. The quantitative estimate of drug-likeness (QED) is 0.737. The highest BCUT2D eigenvalue weighted by atomic mass is 32.1. The van der Waals surface area contributed by atoms with E-state index in [0.29, 0.717) is 5.06 Å². The van der Waals surface area contributed by atoms with E-state index >= 15 is 0 Å². The largest absolute Gasteiger partial charge is 0.443 e. The van der Waals surface area contributed by atoms with Crippen molar-refractivity contribution >= 4 is 11.3 Å². The molecule has 0 saturated carbocycles. The SMILES string of the molecule is Fc1cccc(Oc2cc[c]s2)c1F. The first-order valence-corrected chi connectivity index (χ1v) is 4.67. The minimum atomic E-state index is -0.971. The first-order chi connectivity index (χ1) is 6.77. The van der Waals surface area contributed by atoms with Crippen molar-refractivity contribution in [1.29, 1.82) is 0 Å². The van der Waals surface area contributed by atoms with Gasteiger partial charge in [-0.25, -0.2) is 4.39 Å². The molecule has 0 unspecified atom stereocenters. The molecule has 0 N–H and O–H groups in total. The Balaban J connectivity index is 2.29. The molecule has 0 amide bonds. The number of thiophene rings is 1. The van der Waals surface area contributed by atoms with Crippen LogP contribution in [0.2, 0.25) is 0 Å². The van der Waals surface area contributed by atoms with Crippen molar-refractivity contribution in [3.8, 4) is 10.8 Å². The van der Waals surface area contributed by atoms with Gasteiger partial charge in [0.1, 0.15) is 0 Å². The minimum Gasteiger partial charge on any atom is -0.443 e. The second kappa shape index (κ2) is 3.75. The second-order valence-electron chi connectivity index (χ2n) is 2.53. The predicted molar refractivity (Wildman–Crippen MR) is 49.6 cm³/mol. The highest BCUT2D eigenvalue weighted by Crippen LogP contribution is 2.28. The molecule has 0 saturated heterocycles. The molecule has 71 valence electrons. The van der Waals surface area contributed by atoms with Gasteiger partial charge in [-0.05, 0) is 24.3 Å². The zero-order chi connectivity index (χ0) is 9.97. The van der Waals surface area contributed by atoms with E-state index in [1.165, 1.54) is 23.5 Å². The fourth-order valence-electron chi connectivity index (χ4n) is 0.954. The topological polar surface area (TPSA) is 9.23 Å². The first kappa shape index (κ1) is 9.15. The highest BCUT2D eigenvalue weighted by molar-refractivity contribution is 7.11. The van der Waals surface area contributed by atoms with E-state index in [1.54, 1.807) is 12.1 Å². The van der Waals surface area contributed by atoms with Crippen LogP contribution in [0.5, 0.6) is 10.8 Å². The lowest BCUT2D eigenvalue weighted by Crippen LogP contribution is -1.89. The molecule has 0 spiro atoms. The molecule has 1 aromatic heterocycles. The summed E-state index contributed by atoms with van der Waals surface area (Å²) in [7, 11) is 0. The van der Waals surface area contributed by atoms with Gasteiger partial charge in [0.05, 0.1) is 0 Å². The van der Waals surface area contributed by atoms with Crippen LogP contribution < -0.4 is 4.74 Å². The van der Waals surface area contributed by atoms with Gasteiger partial charge in [-0.15, -0.1) is 0 Å². The van der Waals surface area contributed by atoms with E-state index in [-0.39, 0.29) is 5.75 Å². The Morgan fingerprint density at radius 1 is 1.21 bits per heavy atom. The Morgan fingerprint density at radius 3 is 2.79 bits per heavy atom. The number of rotatable bonds is 2. The molecular formula is C10H5F2OS. The Hall–Kier alpha value is -1.42. The lowest BCUT2D eigenvalue weighted by Gasteiger charge is -2.03. The van der Waals surface area contributed by atoms with E-state index in [0.717, 1.165) is 6.07 Å². The van der Waals surface area contributed by atoms with E-state index in [9.17, 15) is 8.78 Å². The summed E-state index contributed by atoms with van der Waals surface area (Å²) in [6.07, 6.45) is 0. The van der Waals surface area contributed by atoms with Crippen LogP contribution in [0.3, 0.4) is 0 Å². The Kier molecular flexibility index (Phi) is 2.45. The fraction of sp³-hybridized carbons (Fsp3) is 0. The lowest BCUT2D eigenvalue weighted by atomic mass is 10.3. The van der Waals surface area contributed by atoms with Crippen LogP contribution in [-0.2, 0) is 0 Å². The van der Waals surface area contributed by atoms with E-state index < -0.39 is 11.6 Å². The highest BCUT2D eigenvalue weighted by Gasteiger charge is 2.09. The standard InChI is InChI=1S/C10H5F2OS/c11-7-3-1-4-8(10(7)12)13-9-5-2-6-14-9/h1-5H. The lowest BCUT2D eigenvalue weighted by molar-refractivity contribution is 0.423. The van der Waals surface area contributed by atoms with Crippen molar-refractivity contribution in [2.75, 3.05) is 0 Å². The summed E-state index contributed by atoms with van der Waals surface area (Å²) >= 11 is 1.20. The summed E-state index contributed by atoms with van der Waals surface area (Å²) in [6, 6.07) is 7.10. The molecule has 14 heavy (non-hydrogen) atoms. The third-order valence-electron chi connectivity index (χ3n) is 1.57. The molecule has 0 bridgehead atoms. The van der Waals surface area contributed by atoms with Gasteiger partial charge in [0, 0.05) is 5.38 Å². The van der Waals surface area contributed by atoms with Crippen molar-refractivity contribution in [2.45, 2.75) is 0 Å². The number of halogens is 2. The first-order valence-electron chi connectivity index (χ1n) is 3.85. The molecule has 1 nitrogen and oxygen atoms in total. The van der Waals surface area contributed by atoms with Gasteiger partial charge in [0.2, 0.25) is 5.82 Å². The number of benzene rings is 1. The van der Waals surface area contributed by atoms with Crippen molar-refractivity contribution in [3.63, 3.8) is 0 Å². The summed E-state index contributed by atoms with van der Waals surface area (Å²) in [6.45, 7) is 0. The smallest absolute Gasteiger partial charge is 0.201 e. The summed E-state index contributed by atoms with van der Waals surface area (Å²) in [5, 5.41) is 3.27. The monoisotopic (exact) mass is 211 g/mol. The summed E-state index contributed by atoms with van der Waals surface area (Å²) in [5.41, 5.74) is 0. The number of hydrogen-bond acceptors (Lipinski definition) is 2. The molecular weight excluding hydrogens is 206 g/mol. The molecule has 0 aliphatic carbocycles. The zero-order valence-corrected chi connectivity index (χ0v) is 7.78. The molecule has 0 fully saturated rings. The van der Waals surface area contributed by atoms with Crippen LogP contribution in [0.15, 0.2) is 30.3 Å². The third kappa shape index (κ3) is 1.75. The van der Waals surface area contributed by atoms with Crippen molar-refractivity contribution < 1.29 is 13.5 Å². The zero-order valence-electron chi connectivity index (χ0n) is 6.96. The van der Waals surface area contributed by atoms with Crippen LogP contribution in [0.25, 0.3) is 0 Å². The molecule has 0 aliphatic heterocycles. The number of ether oxygens (including phenoxy) is 1. The maximum atomic E-state index is 13.1. The third-order valence-corrected chi connectivity index (χ3v) is 2.25. The van der Waals surface area contributed by atoms with Gasteiger partial charge in [0.25, 0.3) is 0 Å². The van der Waals surface area contributed by atoms with E-state index in [2.05, 4.69) is 5.38 Å². The summed E-state index contributed by atoms with van der Waals surface area (Å²) in [4.78, 5) is 0.